The third-order valence-electron chi connectivity index (χ3n) is 2.43. The summed E-state index contributed by atoms with van der Waals surface area (Å²) in [4.78, 5) is 5.30. The molecule has 0 amide bonds. The quantitative estimate of drug-likeness (QED) is 0.930. The molecule has 0 bridgehead atoms. The van der Waals surface area contributed by atoms with E-state index >= 15 is 0 Å². The van der Waals surface area contributed by atoms with Gasteiger partial charge < -0.3 is 9.84 Å². The van der Waals surface area contributed by atoms with E-state index in [0.717, 1.165) is 21.1 Å². The number of aliphatic hydroxyl groups excluding tert-OH is 1. The molecular formula is C12H12ClNO2S. The number of benzene rings is 1. The van der Waals surface area contributed by atoms with Crippen LogP contribution in [0.1, 0.15) is 10.6 Å². The van der Waals surface area contributed by atoms with Crippen LogP contribution in [-0.2, 0) is 6.61 Å². The number of hydrogen-bond acceptors (Lipinski definition) is 4. The van der Waals surface area contributed by atoms with Crippen molar-refractivity contribution >= 4 is 22.9 Å². The molecule has 0 atom stereocenters. The van der Waals surface area contributed by atoms with Gasteiger partial charge in [-0.15, -0.1) is 11.3 Å². The summed E-state index contributed by atoms with van der Waals surface area (Å²) in [5.41, 5.74) is 1.74. The van der Waals surface area contributed by atoms with Crippen LogP contribution in [0.5, 0.6) is 5.75 Å². The number of methoxy groups -OCH3 is 1. The Morgan fingerprint density at radius 2 is 2.24 bits per heavy atom. The normalized spacial score (nSPS) is 10.6. The summed E-state index contributed by atoms with van der Waals surface area (Å²) < 4.78 is 5.28. The lowest BCUT2D eigenvalue weighted by atomic mass is 10.2. The standard InChI is InChI=1S/C12H12ClNO2S/c1-7-11(6-15)17-12(14-7)9-4-3-8(13)5-10(9)16-2/h3-5,15H,6H2,1-2H3. The summed E-state index contributed by atoms with van der Waals surface area (Å²) in [5.74, 6) is 0.690. The van der Waals surface area contributed by atoms with Crippen molar-refractivity contribution in [2.75, 3.05) is 7.11 Å². The lowest BCUT2D eigenvalue weighted by Crippen LogP contribution is -1.87. The van der Waals surface area contributed by atoms with Crippen molar-refractivity contribution in [1.29, 1.82) is 0 Å². The van der Waals surface area contributed by atoms with E-state index in [1.54, 1.807) is 19.2 Å². The Morgan fingerprint density at radius 1 is 1.47 bits per heavy atom. The number of thiazole rings is 1. The minimum Gasteiger partial charge on any atom is -0.496 e. The number of hydrogen-bond donors (Lipinski definition) is 1. The molecule has 17 heavy (non-hydrogen) atoms. The molecule has 1 heterocycles. The van der Waals surface area contributed by atoms with Crippen LogP contribution in [0.25, 0.3) is 10.6 Å². The Hall–Kier alpha value is -1.10. The molecule has 1 aromatic heterocycles. The third kappa shape index (κ3) is 2.44. The number of rotatable bonds is 3. The molecule has 0 radical (unpaired) electrons. The van der Waals surface area contributed by atoms with Crippen LogP contribution in [0.3, 0.4) is 0 Å². The average molecular weight is 270 g/mol. The second-order valence-corrected chi connectivity index (χ2v) is 5.05. The smallest absolute Gasteiger partial charge is 0.130 e. The van der Waals surface area contributed by atoms with E-state index in [0.29, 0.717) is 10.8 Å². The zero-order chi connectivity index (χ0) is 12.4. The molecule has 0 aliphatic heterocycles. The van der Waals surface area contributed by atoms with Crippen molar-refractivity contribution in [2.24, 2.45) is 0 Å². The zero-order valence-corrected chi connectivity index (χ0v) is 11.1. The SMILES string of the molecule is COc1cc(Cl)ccc1-c1nc(C)c(CO)s1. The van der Waals surface area contributed by atoms with Gasteiger partial charge in [-0.25, -0.2) is 4.98 Å². The Labute approximate surface area is 109 Å². The van der Waals surface area contributed by atoms with Crippen LogP contribution < -0.4 is 4.74 Å². The van der Waals surface area contributed by atoms with Crippen molar-refractivity contribution < 1.29 is 9.84 Å². The van der Waals surface area contributed by atoms with Crippen LogP contribution >= 0.6 is 22.9 Å². The van der Waals surface area contributed by atoms with Gasteiger partial charge in [-0.1, -0.05) is 11.6 Å². The van der Waals surface area contributed by atoms with E-state index in [4.69, 9.17) is 21.4 Å². The van der Waals surface area contributed by atoms with Gasteiger partial charge in [0.05, 0.1) is 29.9 Å². The maximum atomic E-state index is 9.17. The summed E-state index contributed by atoms with van der Waals surface area (Å²) >= 11 is 7.37. The first kappa shape index (κ1) is 12.4. The predicted molar refractivity (Wildman–Crippen MR) is 69.8 cm³/mol. The monoisotopic (exact) mass is 269 g/mol. The number of aromatic nitrogens is 1. The van der Waals surface area contributed by atoms with Crippen LogP contribution in [0, 0.1) is 6.92 Å². The molecule has 0 fully saturated rings. The predicted octanol–water partition coefficient (Wildman–Crippen LogP) is 3.27. The van der Waals surface area contributed by atoms with Crippen LogP contribution in [0.2, 0.25) is 5.02 Å². The van der Waals surface area contributed by atoms with Gasteiger partial charge in [-0.05, 0) is 25.1 Å². The molecule has 2 rings (SSSR count). The van der Waals surface area contributed by atoms with E-state index in [1.807, 2.05) is 13.0 Å². The van der Waals surface area contributed by atoms with Gasteiger partial charge in [-0.2, -0.15) is 0 Å². The van der Waals surface area contributed by atoms with Crippen molar-refractivity contribution in [3.63, 3.8) is 0 Å². The molecular weight excluding hydrogens is 258 g/mol. The molecule has 0 aliphatic carbocycles. The Bertz CT molecular complexity index is 539. The molecule has 0 saturated heterocycles. The number of aryl methyl sites for hydroxylation is 1. The Morgan fingerprint density at radius 3 is 2.82 bits per heavy atom. The molecule has 1 N–H and O–H groups in total. The summed E-state index contributed by atoms with van der Waals surface area (Å²) in [7, 11) is 1.60. The maximum absolute atomic E-state index is 9.17. The zero-order valence-electron chi connectivity index (χ0n) is 9.53. The van der Waals surface area contributed by atoms with E-state index < -0.39 is 0 Å². The Balaban J connectivity index is 2.51. The molecule has 1 aromatic carbocycles. The van der Waals surface area contributed by atoms with Crippen molar-refractivity contribution in [3.05, 3.63) is 33.8 Å². The van der Waals surface area contributed by atoms with Crippen LogP contribution in [0.4, 0.5) is 0 Å². The molecule has 0 saturated carbocycles. The third-order valence-corrected chi connectivity index (χ3v) is 3.84. The van der Waals surface area contributed by atoms with Gasteiger partial charge in [0.25, 0.3) is 0 Å². The van der Waals surface area contributed by atoms with Gasteiger partial charge in [0.2, 0.25) is 0 Å². The first-order chi connectivity index (χ1) is 8.15. The molecule has 0 unspecified atom stereocenters. The largest absolute Gasteiger partial charge is 0.496 e. The van der Waals surface area contributed by atoms with Crippen molar-refractivity contribution in [2.45, 2.75) is 13.5 Å². The molecule has 3 nitrogen and oxygen atoms in total. The summed E-state index contributed by atoms with van der Waals surface area (Å²) in [6.07, 6.45) is 0. The molecule has 90 valence electrons. The number of nitrogens with zero attached hydrogens (tertiary/aromatic N) is 1. The topological polar surface area (TPSA) is 42.4 Å². The fourth-order valence-electron chi connectivity index (χ4n) is 1.53. The van der Waals surface area contributed by atoms with Crippen molar-refractivity contribution in [3.8, 4) is 16.3 Å². The van der Waals surface area contributed by atoms with Crippen molar-refractivity contribution in [1.82, 2.24) is 4.98 Å². The van der Waals surface area contributed by atoms with E-state index in [9.17, 15) is 0 Å². The lowest BCUT2D eigenvalue weighted by Gasteiger charge is -2.05. The fourth-order valence-corrected chi connectivity index (χ4v) is 2.65. The Kier molecular flexibility index (Phi) is 3.66. The second kappa shape index (κ2) is 5.04. The van der Waals surface area contributed by atoms with Crippen LogP contribution in [-0.4, -0.2) is 17.2 Å². The molecule has 2 aromatic rings. The average Bonchev–Trinajstić information content (AvgIpc) is 2.70. The van der Waals surface area contributed by atoms with Gasteiger partial charge in [0.1, 0.15) is 10.8 Å². The first-order valence-corrected chi connectivity index (χ1v) is 6.26. The first-order valence-electron chi connectivity index (χ1n) is 5.06. The van der Waals surface area contributed by atoms with E-state index in [-0.39, 0.29) is 6.61 Å². The minimum atomic E-state index is 0.0133. The number of aliphatic hydroxyl groups is 1. The van der Waals surface area contributed by atoms with Gasteiger partial charge in [-0.3, -0.25) is 0 Å². The highest BCUT2D eigenvalue weighted by molar-refractivity contribution is 7.15. The molecule has 5 heteroatoms. The fraction of sp³-hybridized carbons (Fsp3) is 0.250. The van der Waals surface area contributed by atoms with Gasteiger partial charge in [0, 0.05) is 5.02 Å². The van der Waals surface area contributed by atoms with E-state index in [1.165, 1.54) is 11.3 Å². The summed E-state index contributed by atoms with van der Waals surface area (Å²) in [5, 5.41) is 10.6. The van der Waals surface area contributed by atoms with E-state index in [2.05, 4.69) is 4.98 Å². The summed E-state index contributed by atoms with van der Waals surface area (Å²) in [6.45, 7) is 1.90. The maximum Gasteiger partial charge on any atom is 0.130 e. The lowest BCUT2D eigenvalue weighted by molar-refractivity contribution is 0.284. The number of ether oxygens (including phenoxy) is 1. The van der Waals surface area contributed by atoms with Crippen LogP contribution in [0.15, 0.2) is 18.2 Å². The second-order valence-electron chi connectivity index (χ2n) is 3.53. The van der Waals surface area contributed by atoms with Gasteiger partial charge in [0.15, 0.2) is 0 Å². The highest BCUT2D eigenvalue weighted by atomic mass is 35.5. The molecule has 0 aliphatic rings. The summed E-state index contributed by atoms with van der Waals surface area (Å²) in [6, 6.07) is 5.43. The minimum absolute atomic E-state index is 0.0133. The molecule has 0 spiro atoms. The number of halogens is 1. The highest BCUT2D eigenvalue weighted by Crippen LogP contribution is 2.35. The van der Waals surface area contributed by atoms with Gasteiger partial charge >= 0.3 is 0 Å². The highest BCUT2D eigenvalue weighted by Gasteiger charge is 2.13.